The Labute approximate surface area is 74.6 Å². The molecule has 6 heteroatoms. The van der Waals surface area contributed by atoms with Crippen LogP contribution in [0, 0.1) is 0 Å². The van der Waals surface area contributed by atoms with E-state index in [1.54, 1.807) is 0 Å². The molecule has 74 valence electrons. The summed E-state index contributed by atoms with van der Waals surface area (Å²) >= 11 is 0. The van der Waals surface area contributed by atoms with Gasteiger partial charge in [-0.25, -0.2) is 0 Å². The van der Waals surface area contributed by atoms with E-state index in [-0.39, 0.29) is 12.8 Å². The number of hydrogen-bond acceptors (Lipinski definition) is 3. The predicted molar refractivity (Wildman–Crippen MR) is 42.1 cm³/mol. The molecule has 0 aromatic carbocycles. The SMILES string of the molecule is C[C@H](NC(=O)CCC(=O)O)C(=O)O. The summed E-state index contributed by atoms with van der Waals surface area (Å²) in [4.78, 5) is 31.1. The lowest BCUT2D eigenvalue weighted by Gasteiger charge is -2.07. The largest absolute Gasteiger partial charge is 0.481 e. The minimum Gasteiger partial charge on any atom is -0.481 e. The number of nitrogens with one attached hydrogen (secondary N) is 1. The van der Waals surface area contributed by atoms with Crippen LogP contribution in [0.3, 0.4) is 0 Å². The van der Waals surface area contributed by atoms with Crippen LogP contribution in [0.2, 0.25) is 0 Å². The van der Waals surface area contributed by atoms with Crippen LogP contribution in [-0.2, 0) is 14.4 Å². The fourth-order valence-electron chi connectivity index (χ4n) is 0.596. The summed E-state index contributed by atoms with van der Waals surface area (Å²) < 4.78 is 0. The van der Waals surface area contributed by atoms with Crippen LogP contribution in [-0.4, -0.2) is 34.1 Å². The highest BCUT2D eigenvalue weighted by atomic mass is 16.4. The maximum atomic E-state index is 10.8. The van der Waals surface area contributed by atoms with Crippen molar-refractivity contribution in [3.63, 3.8) is 0 Å². The summed E-state index contributed by atoms with van der Waals surface area (Å²) in [5.41, 5.74) is 0. The Balaban J connectivity index is 3.74. The molecule has 0 bridgehead atoms. The lowest BCUT2D eigenvalue weighted by Crippen LogP contribution is -2.38. The first kappa shape index (κ1) is 11.4. The zero-order valence-electron chi connectivity index (χ0n) is 7.11. The molecule has 0 aliphatic carbocycles. The van der Waals surface area contributed by atoms with Gasteiger partial charge in [-0.2, -0.15) is 0 Å². The van der Waals surface area contributed by atoms with E-state index in [1.807, 2.05) is 0 Å². The molecule has 13 heavy (non-hydrogen) atoms. The van der Waals surface area contributed by atoms with Crippen molar-refractivity contribution in [1.82, 2.24) is 5.32 Å². The second-order valence-corrected chi connectivity index (χ2v) is 2.52. The Bertz CT molecular complexity index is 225. The lowest BCUT2D eigenvalue weighted by molar-refractivity contribution is -0.141. The van der Waals surface area contributed by atoms with E-state index in [9.17, 15) is 14.4 Å². The van der Waals surface area contributed by atoms with Crippen molar-refractivity contribution < 1.29 is 24.6 Å². The molecule has 0 heterocycles. The normalized spacial score (nSPS) is 11.8. The van der Waals surface area contributed by atoms with Crippen LogP contribution < -0.4 is 5.32 Å². The number of carbonyl (C=O) groups is 3. The number of aliphatic carboxylic acids is 2. The van der Waals surface area contributed by atoms with Gasteiger partial charge < -0.3 is 15.5 Å². The molecule has 0 radical (unpaired) electrons. The molecule has 0 aliphatic rings. The van der Waals surface area contributed by atoms with Crippen LogP contribution in [0.4, 0.5) is 0 Å². The van der Waals surface area contributed by atoms with E-state index in [0.29, 0.717) is 0 Å². The first-order valence-corrected chi connectivity index (χ1v) is 3.67. The number of hydrogen-bond donors (Lipinski definition) is 3. The van der Waals surface area contributed by atoms with Gasteiger partial charge in [0.25, 0.3) is 0 Å². The second kappa shape index (κ2) is 5.13. The molecule has 0 saturated carbocycles. The van der Waals surface area contributed by atoms with Crippen molar-refractivity contribution in [3.8, 4) is 0 Å². The minimum absolute atomic E-state index is 0.201. The van der Waals surface area contributed by atoms with E-state index in [0.717, 1.165) is 0 Å². The molecule has 6 nitrogen and oxygen atoms in total. The molecule has 0 rings (SSSR count). The Hall–Kier alpha value is -1.59. The predicted octanol–water partition coefficient (Wildman–Crippen LogP) is -0.559. The van der Waals surface area contributed by atoms with Crippen LogP contribution in [0.5, 0.6) is 0 Å². The van der Waals surface area contributed by atoms with Crippen molar-refractivity contribution in [2.45, 2.75) is 25.8 Å². The Morgan fingerprint density at radius 3 is 2.15 bits per heavy atom. The number of carbonyl (C=O) groups excluding carboxylic acids is 1. The van der Waals surface area contributed by atoms with Crippen LogP contribution >= 0.6 is 0 Å². The van der Waals surface area contributed by atoms with Crippen LogP contribution in [0.25, 0.3) is 0 Å². The smallest absolute Gasteiger partial charge is 0.325 e. The first-order chi connectivity index (χ1) is 5.93. The van der Waals surface area contributed by atoms with Crippen molar-refractivity contribution in [3.05, 3.63) is 0 Å². The summed E-state index contributed by atoms with van der Waals surface area (Å²) in [6.07, 6.45) is -0.495. The molecule has 0 spiro atoms. The van der Waals surface area contributed by atoms with Gasteiger partial charge in [0.15, 0.2) is 0 Å². The summed E-state index contributed by atoms with van der Waals surface area (Å²) in [5, 5.41) is 18.7. The fourth-order valence-corrected chi connectivity index (χ4v) is 0.596. The van der Waals surface area contributed by atoms with Gasteiger partial charge in [0.05, 0.1) is 6.42 Å². The number of amides is 1. The number of carboxylic acid groups (broad SMARTS) is 2. The number of rotatable bonds is 5. The van der Waals surface area contributed by atoms with E-state index < -0.39 is 23.9 Å². The summed E-state index contributed by atoms with van der Waals surface area (Å²) in [5.74, 6) is -2.81. The first-order valence-electron chi connectivity index (χ1n) is 3.67. The van der Waals surface area contributed by atoms with Crippen LogP contribution in [0.1, 0.15) is 19.8 Å². The van der Waals surface area contributed by atoms with Crippen molar-refractivity contribution in [1.29, 1.82) is 0 Å². The zero-order chi connectivity index (χ0) is 10.4. The van der Waals surface area contributed by atoms with Gasteiger partial charge >= 0.3 is 11.9 Å². The fraction of sp³-hybridized carbons (Fsp3) is 0.571. The maximum Gasteiger partial charge on any atom is 0.325 e. The van der Waals surface area contributed by atoms with Gasteiger partial charge in [-0.1, -0.05) is 0 Å². The van der Waals surface area contributed by atoms with Crippen LogP contribution in [0.15, 0.2) is 0 Å². The highest BCUT2D eigenvalue weighted by Crippen LogP contribution is 1.90. The van der Waals surface area contributed by atoms with Gasteiger partial charge in [0.1, 0.15) is 6.04 Å². The zero-order valence-corrected chi connectivity index (χ0v) is 7.11. The van der Waals surface area contributed by atoms with Gasteiger partial charge in [-0.3, -0.25) is 14.4 Å². The monoisotopic (exact) mass is 189 g/mol. The van der Waals surface area contributed by atoms with E-state index in [1.165, 1.54) is 6.92 Å². The average Bonchev–Trinajstić information content (AvgIpc) is 2.00. The quantitative estimate of drug-likeness (QED) is 0.537. The van der Waals surface area contributed by atoms with E-state index in [2.05, 4.69) is 5.32 Å². The topological polar surface area (TPSA) is 104 Å². The maximum absolute atomic E-state index is 10.8. The van der Waals surface area contributed by atoms with E-state index >= 15 is 0 Å². The van der Waals surface area contributed by atoms with Crippen molar-refractivity contribution in [2.24, 2.45) is 0 Å². The average molecular weight is 189 g/mol. The van der Waals surface area contributed by atoms with Gasteiger partial charge in [0, 0.05) is 6.42 Å². The lowest BCUT2D eigenvalue weighted by atomic mass is 10.2. The standard InChI is InChI=1S/C7H11NO5/c1-4(7(12)13)8-5(9)2-3-6(10)11/h4H,2-3H2,1H3,(H,8,9)(H,10,11)(H,12,13)/t4-/m0/s1. The second-order valence-electron chi connectivity index (χ2n) is 2.52. The molecule has 0 saturated heterocycles. The summed E-state index contributed by atoms with van der Waals surface area (Å²) in [6.45, 7) is 1.31. The Kier molecular flexibility index (Phi) is 4.50. The van der Waals surface area contributed by atoms with Crippen molar-refractivity contribution in [2.75, 3.05) is 0 Å². The molecule has 0 aliphatic heterocycles. The van der Waals surface area contributed by atoms with Gasteiger partial charge in [-0.05, 0) is 6.92 Å². The third kappa shape index (κ3) is 5.66. The molecular weight excluding hydrogens is 178 g/mol. The van der Waals surface area contributed by atoms with Gasteiger partial charge in [0.2, 0.25) is 5.91 Å². The molecule has 0 fully saturated rings. The third-order valence-corrected chi connectivity index (χ3v) is 1.31. The highest BCUT2D eigenvalue weighted by Gasteiger charge is 2.14. The Morgan fingerprint density at radius 1 is 1.23 bits per heavy atom. The highest BCUT2D eigenvalue weighted by molar-refractivity contribution is 5.85. The minimum atomic E-state index is -1.15. The van der Waals surface area contributed by atoms with Crippen molar-refractivity contribution >= 4 is 17.8 Å². The molecular formula is C7H11NO5. The molecule has 0 unspecified atom stereocenters. The molecule has 1 amide bonds. The van der Waals surface area contributed by atoms with Gasteiger partial charge in [-0.15, -0.1) is 0 Å². The molecule has 1 atom stereocenters. The number of carboxylic acids is 2. The molecule has 0 aromatic heterocycles. The Morgan fingerprint density at radius 2 is 1.77 bits per heavy atom. The van der Waals surface area contributed by atoms with E-state index in [4.69, 9.17) is 10.2 Å². The summed E-state index contributed by atoms with van der Waals surface area (Å²) in [6, 6.07) is -0.985. The third-order valence-electron chi connectivity index (χ3n) is 1.31. The molecule has 0 aromatic rings. The summed E-state index contributed by atoms with van der Waals surface area (Å²) in [7, 11) is 0. The molecule has 3 N–H and O–H groups in total.